The topological polar surface area (TPSA) is 9.23 Å². The zero-order valence-corrected chi connectivity index (χ0v) is 15.0. The van der Waals surface area contributed by atoms with Crippen LogP contribution in [0.3, 0.4) is 0 Å². The predicted molar refractivity (Wildman–Crippen MR) is 85.5 cm³/mol. The van der Waals surface area contributed by atoms with Crippen molar-refractivity contribution in [1.29, 1.82) is 0 Å². The molecular weight excluding hydrogens is 462 g/mol. The number of benzene rings is 2. The van der Waals surface area contributed by atoms with Crippen molar-refractivity contribution in [3.63, 3.8) is 0 Å². The number of hydrogen-bond donors (Lipinski definition) is 0. The van der Waals surface area contributed by atoms with Crippen molar-refractivity contribution in [2.75, 3.05) is 7.11 Å². The van der Waals surface area contributed by atoms with Crippen LogP contribution < -0.4 is 4.74 Å². The van der Waals surface area contributed by atoms with Crippen LogP contribution in [0.1, 0.15) is 16.0 Å². The van der Waals surface area contributed by atoms with E-state index in [4.69, 9.17) is 4.74 Å². The van der Waals surface area contributed by atoms with Crippen LogP contribution in [0, 0.1) is 11.6 Å². The van der Waals surface area contributed by atoms with Crippen LogP contribution in [0.2, 0.25) is 0 Å². The standard InChI is InChI=1S/C14H9Br3F2O/c1-20-13-6-12(19)11(16)5-10(13)14(17)7-2-8(15)4-9(18)3-7/h2-6,14H,1H3. The Labute approximate surface area is 140 Å². The monoisotopic (exact) mass is 468 g/mol. The maximum absolute atomic E-state index is 13.5. The lowest BCUT2D eigenvalue weighted by atomic mass is 10.0. The molecule has 1 nitrogen and oxygen atoms in total. The Morgan fingerprint density at radius 2 is 1.75 bits per heavy atom. The van der Waals surface area contributed by atoms with Crippen molar-refractivity contribution in [3.8, 4) is 5.75 Å². The van der Waals surface area contributed by atoms with Crippen LogP contribution >= 0.6 is 47.8 Å². The molecule has 6 heteroatoms. The molecule has 0 bridgehead atoms. The minimum Gasteiger partial charge on any atom is -0.496 e. The Bertz CT molecular complexity index is 626. The van der Waals surface area contributed by atoms with Crippen LogP contribution in [0.15, 0.2) is 39.3 Å². The van der Waals surface area contributed by atoms with E-state index in [2.05, 4.69) is 47.8 Å². The lowest BCUT2D eigenvalue weighted by molar-refractivity contribution is 0.406. The second-order valence-electron chi connectivity index (χ2n) is 4.07. The van der Waals surface area contributed by atoms with E-state index < -0.39 is 5.82 Å². The molecule has 0 aromatic heterocycles. The highest BCUT2D eigenvalue weighted by Crippen LogP contribution is 2.39. The molecule has 0 aliphatic carbocycles. The molecule has 2 aromatic carbocycles. The fraction of sp³-hybridized carbons (Fsp3) is 0.143. The van der Waals surface area contributed by atoms with Crippen molar-refractivity contribution in [1.82, 2.24) is 0 Å². The van der Waals surface area contributed by atoms with E-state index in [0.29, 0.717) is 25.8 Å². The van der Waals surface area contributed by atoms with Gasteiger partial charge in [-0.2, -0.15) is 0 Å². The van der Waals surface area contributed by atoms with E-state index in [0.717, 1.165) is 0 Å². The lowest BCUT2D eigenvalue weighted by Crippen LogP contribution is -1.99. The van der Waals surface area contributed by atoms with Crippen molar-refractivity contribution >= 4 is 47.8 Å². The Morgan fingerprint density at radius 3 is 2.35 bits per heavy atom. The second kappa shape index (κ2) is 6.54. The zero-order chi connectivity index (χ0) is 14.9. The lowest BCUT2D eigenvalue weighted by Gasteiger charge is -2.16. The van der Waals surface area contributed by atoms with E-state index >= 15 is 0 Å². The average Bonchev–Trinajstić information content (AvgIpc) is 2.39. The van der Waals surface area contributed by atoms with Crippen LogP contribution in [-0.2, 0) is 0 Å². The predicted octanol–water partition coefficient (Wildman–Crippen LogP) is 5.98. The van der Waals surface area contributed by atoms with Gasteiger partial charge in [0.05, 0.1) is 16.4 Å². The summed E-state index contributed by atoms with van der Waals surface area (Å²) in [6.45, 7) is 0. The Hall–Kier alpha value is -0.460. The van der Waals surface area contributed by atoms with Crippen molar-refractivity contribution in [3.05, 3.63) is 62.0 Å². The van der Waals surface area contributed by atoms with Crippen molar-refractivity contribution < 1.29 is 13.5 Å². The van der Waals surface area contributed by atoms with Gasteiger partial charge >= 0.3 is 0 Å². The quantitative estimate of drug-likeness (QED) is 0.501. The summed E-state index contributed by atoms with van der Waals surface area (Å²) in [7, 11) is 1.47. The van der Waals surface area contributed by atoms with Gasteiger partial charge in [0.25, 0.3) is 0 Å². The second-order valence-corrected chi connectivity index (χ2v) is 6.76. The van der Waals surface area contributed by atoms with E-state index in [1.54, 1.807) is 12.1 Å². The van der Waals surface area contributed by atoms with Gasteiger partial charge < -0.3 is 4.74 Å². The number of alkyl halides is 1. The molecule has 20 heavy (non-hydrogen) atoms. The molecule has 0 saturated heterocycles. The molecule has 0 aliphatic heterocycles. The SMILES string of the molecule is COc1cc(F)c(Br)cc1C(Br)c1cc(F)cc(Br)c1. The molecule has 0 fully saturated rings. The maximum atomic E-state index is 13.5. The van der Waals surface area contributed by atoms with Gasteiger partial charge in [-0.05, 0) is 45.8 Å². The summed E-state index contributed by atoms with van der Waals surface area (Å²) < 4.78 is 33.2. The fourth-order valence-corrected chi connectivity index (χ4v) is 3.29. The van der Waals surface area contributed by atoms with Gasteiger partial charge in [-0.25, -0.2) is 8.78 Å². The Balaban J connectivity index is 2.52. The molecule has 0 radical (unpaired) electrons. The number of rotatable bonds is 3. The van der Waals surface area contributed by atoms with E-state index in [9.17, 15) is 8.78 Å². The summed E-state index contributed by atoms with van der Waals surface area (Å²) in [6, 6.07) is 7.50. The van der Waals surface area contributed by atoms with Crippen molar-refractivity contribution in [2.45, 2.75) is 4.83 Å². The molecule has 0 saturated carbocycles. The molecule has 0 heterocycles. The first kappa shape index (κ1) is 15.9. The molecule has 0 aliphatic rings. The molecule has 0 spiro atoms. The van der Waals surface area contributed by atoms with Gasteiger partial charge in [0.2, 0.25) is 0 Å². The minimum absolute atomic E-state index is 0.318. The third kappa shape index (κ3) is 3.40. The molecule has 106 valence electrons. The average molecular weight is 471 g/mol. The summed E-state index contributed by atoms with van der Waals surface area (Å²) in [5.74, 6) is -0.363. The summed E-state index contributed by atoms with van der Waals surface area (Å²) in [5, 5.41) is 0. The van der Waals surface area contributed by atoms with E-state index in [-0.39, 0.29) is 10.6 Å². The largest absolute Gasteiger partial charge is 0.496 e. The van der Waals surface area contributed by atoms with Crippen LogP contribution in [-0.4, -0.2) is 7.11 Å². The fourth-order valence-electron chi connectivity index (χ4n) is 1.82. The third-order valence-electron chi connectivity index (χ3n) is 2.72. The maximum Gasteiger partial charge on any atom is 0.141 e. The third-order valence-corrected chi connectivity index (χ3v) is 4.81. The first-order valence-corrected chi connectivity index (χ1v) is 8.05. The van der Waals surface area contributed by atoms with Crippen LogP contribution in [0.5, 0.6) is 5.75 Å². The first-order chi connectivity index (χ1) is 9.42. The van der Waals surface area contributed by atoms with Crippen LogP contribution in [0.25, 0.3) is 0 Å². The smallest absolute Gasteiger partial charge is 0.141 e. The van der Waals surface area contributed by atoms with Crippen LogP contribution in [0.4, 0.5) is 8.78 Å². The van der Waals surface area contributed by atoms with Gasteiger partial charge in [-0.1, -0.05) is 31.9 Å². The molecule has 1 unspecified atom stereocenters. The number of hydrogen-bond acceptors (Lipinski definition) is 1. The van der Waals surface area contributed by atoms with Crippen molar-refractivity contribution in [2.24, 2.45) is 0 Å². The molecular formula is C14H9Br3F2O. The van der Waals surface area contributed by atoms with Gasteiger partial charge in [-0.3, -0.25) is 0 Å². The van der Waals surface area contributed by atoms with Gasteiger partial charge in [0, 0.05) is 16.1 Å². The highest BCUT2D eigenvalue weighted by Gasteiger charge is 2.19. The Morgan fingerprint density at radius 1 is 1.05 bits per heavy atom. The Kier molecular flexibility index (Phi) is 5.20. The first-order valence-electron chi connectivity index (χ1n) is 5.55. The van der Waals surface area contributed by atoms with Gasteiger partial charge in [0.1, 0.15) is 17.4 Å². The van der Waals surface area contributed by atoms with Gasteiger partial charge in [-0.15, -0.1) is 0 Å². The summed E-state index contributed by atoms with van der Waals surface area (Å²) in [5.41, 5.74) is 1.41. The summed E-state index contributed by atoms with van der Waals surface area (Å²) in [6.07, 6.45) is 0. The summed E-state index contributed by atoms with van der Waals surface area (Å²) >= 11 is 9.90. The zero-order valence-electron chi connectivity index (χ0n) is 10.3. The number of methoxy groups -OCH3 is 1. The molecule has 1 atom stereocenters. The highest BCUT2D eigenvalue weighted by atomic mass is 79.9. The molecule has 2 aromatic rings. The highest BCUT2D eigenvalue weighted by molar-refractivity contribution is 9.11. The molecule has 0 N–H and O–H groups in total. The summed E-state index contributed by atoms with van der Waals surface area (Å²) in [4.78, 5) is -0.318. The van der Waals surface area contributed by atoms with E-state index in [1.165, 1.54) is 25.3 Å². The molecule has 0 amide bonds. The minimum atomic E-state index is -0.411. The number of halogens is 5. The normalized spacial score (nSPS) is 12.3. The van der Waals surface area contributed by atoms with E-state index in [1.807, 2.05) is 0 Å². The number of ether oxygens (including phenoxy) is 1. The molecule has 2 rings (SSSR count). The van der Waals surface area contributed by atoms with Gasteiger partial charge in [0.15, 0.2) is 0 Å².